The van der Waals surface area contributed by atoms with Crippen molar-refractivity contribution in [3.63, 3.8) is 0 Å². The predicted molar refractivity (Wildman–Crippen MR) is 118 cm³/mol. The highest BCUT2D eigenvalue weighted by atomic mass is 32.2. The predicted octanol–water partition coefficient (Wildman–Crippen LogP) is 2.29. The minimum Gasteiger partial charge on any atom is -0.378 e. The number of nitrogens with zero attached hydrogens (tertiary/aromatic N) is 5. The zero-order chi connectivity index (χ0) is 20.2. The van der Waals surface area contributed by atoms with Crippen LogP contribution in [0.3, 0.4) is 0 Å². The van der Waals surface area contributed by atoms with Gasteiger partial charge in [-0.05, 0) is 39.3 Å². The Kier molecular flexibility index (Phi) is 6.29. The minimum absolute atomic E-state index is 0.668. The molecule has 0 amide bonds. The van der Waals surface area contributed by atoms with E-state index in [0.717, 1.165) is 72.5 Å². The normalized spacial score (nSPS) is 14.8. The standard InChI is InChI=1S/C20H27N7OS/c1-21-12-14-10-18-16(22-14)4-5-17(24-18)20-23-15(13-29-26(2)3)11-19(25-20)27-6-8-28-9-7-27/h4-5,10-11,21-22H,6-9,12-13H2,1-3H3. The van der Waals surface area contributed by atoms with Crippen LogP contribution in [0.2, 0.25) is 0 Å². The van der Waals surface area contributed by atoms with Gasteiger partial charge < -0.3 is 19.9 Å². The monoisotopic (exact) mass is 413 g/mol. The molecule has 1 fully saturated rings. The van der Waals surface area contributed by atoms with Crippen molar-refractivity contribution in [1.29, 1.82) is 0 Å². The fourth-order valence-corrected chi connectivity index (χ4v) is 3.83. The molecule has 9 heteroatoms. The average Bonchev–Trinajstić information content (AvgIpc) is 3.14. The van der Waals surface area contributed by atoms with E-state index in [1.807, 2.05) is 27.2 Å². The van der Waals surface area contributed by atoms with Crippen molar-refractivity contribution in [3.05, 3.63) is 35.7 Å². The molecule has 154 valence electrons. The van der Waals surface area contributed by atoms with Crippen LogP contribution in [0.4, 0.5) is 5.82 Å². The smallest absolute Gasteiger partial charge is 0.180 e. The molecule has 1 saturated heterocycles. The van der Waals surface area contributed by atoms with Crippen LogP contribution in [0.5, 0.6) is 0 Å². The molecule has 0 radical (unpaired) electrons. The van der Waals surface area contributed by atoms with Crippen LogP contribution in [0, 0.1) is 0 Å². The summed E-state index contributed by atoms with van der Waals surface area (Å²) in [7, 11) is 6.02. The Morgan fingerprint density at radius 3 is 2.76 bits per heavy atom. The molecule has 29 heavy (non-hydrogen) atoms. The third kappa shape index (κ3) is 4.87. The number of nitrogens with one attached hydrogen (secondary N) is 2. The largest absolute Gasteiger partial charge is 0.378 e. The molecule has 8 nitrogen and oxygen atoms in total. The van der Waals surface area contributed by atoms with Crippen molar-refractivity contribution in [3.8, 4) is 11.5 Å². The van der Waals surface area contributed by atoms with Gasteiger partial charge in [-0.15, -0.1) is 0 Å². The number of hydrogen-bond donors (Lipinski definition) is 2. The van der Waals surface area contributed by atoms with Gasteiger partial charge in [0.15, 0.2) is 5.82 Å². The fraction of sp³-hybridized carbons (Fsp3) is 0.450. The zero-order valence-corrected chi connectivity index (χ0v) is 17.9. The lowest BCUT2D eigenvalue weighted by atomic mass is 10.2. The van der Waals surface area contributed by atoms with Crippen molar-refractivity contribution in [2.24, 2.45) is 0 Å². The van der Waals surface area contributed by atoms with Crippen molar-refractivity contribution >= 4 is 28.8 Å². The Morgan fingerprint density at radius 2 is 2.00 bits per heavy atom. The van der Waals surface area contributed by atoms with Gasteiger partial charge in [-0.2, -0.15) is 0 Å². The molecule has 3 aromatic heterocycles. The van der Waals surface area contributed by atoms with Gasteiger partial charge in [0.25, 0.3) is 0 Å². The summed E-state index contributed by atoms with van der Waals surface area (Å²) in [6.45, 7) is 3.91. The van der Waals surface area contributed by atoms with E-state index in [9.17, 15) is 0 Å². The second kappa shape index (κ2) is 9.08. The lowest BCUT2D eigenvalue weighted by Gasteiger charge is -2.28. The Labute approximate surface area is 175 Å². The van der Waals surface area contributed by atoms with E-state index < -0.39 is 0 Å². The molecule has 3 aromatic rings. The lowest BCUT2D eigenvalue weighted by molar-refractivity contribution is 0.122. The molecule has 0 saturated carbocycles. The van der Waals surface area contributed by atoms with Crippen LogP contribution in [0.25, 0.3) is 22.6 Å². The van der Waals surface area contributed by atoms with Crippen LogP contribution in [0.15, 0.2) is 24.3 Å². The van der Waals surface area contributed by atoms with Gasteiger partial charge in [-0.25, -0.2) is 15.0 Å². The lowest BCUT2D eigenvalue weighted by Crippen LogP contribution is -2.37. The summed E-state index contributed by atoms with van der Waals surface area (Å²) in [4.78, 5) is 20.1. The van der Waals surface area contributed by atoms with E-state index in [0.29, 0.717) is 5.82 Å². The second-order valence-corrected chi connectivity index (χ2v) is 8.46. The molecule has 0 aromatic carbocycles. The van der Waals surface area contributed by atoms with E-state index in [1.54, 1.807) is 11.9 Å². The number of fused-ring (bicyclic) bond motifs is 1. The number of aromatic nitrogens is 4. The molecule has 0 atom stereocenters. The molecular weight excluding hydrogens is 386 g/mol. The third-order valence-electron chi connectivity index (χ3n) is 4.70. The van der Waals surface area contributed by atoms with Crippen molar-refractivity contribution in [2.45, 2.75) is 12.3 Å². The molecule has 4 rings (SSSR count). The van der Waals surface area contributed by atoms with Crippen LogP contribution in [0.1, 0.15) is 11.4 Å². The van der Waals surface area contributed by atoms with Gasteiger partial charge in [-0.1, -0.05) is 11.9 Å². The summed E-state index contributed by atoms with van der Waals surface area (Å²) in [5.74, 6) is 2.40. The first-order valence-corrected chi connectivity index (χ1v) is 10.7. The summed E-state index contributed by atoms with van der Waals surface area (Å²) in [5.41, 5.74) is 4.85. The maximum atomic E-state index is 5.50. The van der Waals surface area contributed by atoms with Crippen LogP contribution < -0.4 is 10.2 Å². The third-order valence-corrected chi connectivity index (χ3v) is 5.64. The average molecular weight is 414 g/mol. The number of pyridine rings is 1. The number of ether oxygens (including phenoxy) is 1. The first-order valence-electron chi connectivity index (χ1n) is 9.77. The highest BCUT2D eigenvalue weighted by Gasteiger charge is 2.17. The molecule has 2 N–H and O–H groups in total. The van der Waals surface area contributed by atoms with E-state index in [-0.39, 0.29) is 0 Å². The van der Waals surface area contributed by atoms with E-state index in [2.05, 4.69) is 37.7 Å². The van der Waals surface area contributed by atoms with E-state index >= 15 is 0 Å². The molecule has 0 spiro atoms. The summed E-state index contributed by atoms with van der Waals surface area (Å²) < 4.78 is 7.59. The highest BCUT2D eigenvalue weighted by Crippen LogP contribution is 2.24. The summed E-state index contributed by atoms with van der Waals surface area (Å²) >= 11 is 1.72. The molecular formula is C20H27N7OS. The van der Waals surface area contributed by atoms with Gasteiger partial charge >= 0.3 is 0 Å². The fourth-order valence-electron chi connectivity index (χ4n) is 3.30. The molecule has 0 aliphatic carbocycles. The van der Waals surface area contributed by atoms with E-state index in [4.69, 9.17) is 19.7 Å². The number of aromatic amines is 1. The summed E-state index contributed by atoms with van der Waals surface area (Å²) in [6.07, 6.45) is 0. The van der Waals surface area contributed by atoms with Crippen LogP contribution in [-0.4, -0.2) is 71.7 Å². The topological polar surface area (TPSA) is 82.2 Å². The first kappa shape index (κ1) is 20.1. The van der Waals surface area contributed by atoms with E-state index in [1.165, 1.54) is 0 Å². The Hall–Kier alpha value is -2.20. The zero-order valence-electron chi connectivity index (χ0n) is 17.1. The highest BCUT2D eigenvalue weighted by molar-refractivity contribution is 7.96. The Balaban J connectivity index is 1.70. The second-order valence-electron chi connectivity index (χ2n) is 7.18. The summed E-state index contributed by atoms with van der Waals surface area (Å²) in [6, 6.07) is 8.20. The quantitative estimate of drug-likeness (QED) is 0.571. The first-order chi connectivity index (χ1) is 14.1. The SMILES string of the molecule is CNCc1cc2nc(-c3nc(CSN(C)C)cc(N4CCOCC4)n3)ccc2[nH]1. The van der Waals surface area contributed by atoms with Crippen molar-refractivity contribution in [2.75, 3.05) is 52.3 Å². The number of anilines is 1. The maximum Gasteiger partial charge on any atom is 0.180 e. The van der Waals surface area contributed by atoms with Crippen molar-refractivity contribution in [1.82, 2.24) is 29.6 Å². The van der Waals surface area contributed by atoms with Crippen LogP contribution in [-0.2, 0) is 17.0 Å². The van der Waals surface area contributed by atoms with Crippen LogP contribution >= 0.6 is 11.9 Å². The molecule has 0 bridgehead atoms. The Morgan fingerprint density at radius 1 is 1.17 bits per heavy atom. The number of morpholine rings is 1. The maximum absolute atomic E-state index is 5.50. The van der Waals surface area contributed by atoms with Gasteiger partial charge in [-0.3, -0.25) is 4.31 Å². The van der Waals surface area contributed by atoms with Crippen molar-refractivity contribution < 1.29 is 4.74 Å². The number of rotatable bonds is 7. The van der Waals surface area contributed by atoms with Gasteiger partial charge in [0.1, 0.15) is 11.5 Å². The van der Waals surface area contributed by atoms with Gasteiger partial charge in [0.2, 0.25) is 0 Å². The van der Waals surface area contributed by atoms with Gasteiger partial charge in [0.05, 0.1) is 35.7 Å². The number of H-pyrrole nitrogens is 1. The Bertz CT molecular complexity index is 969. The number of hydrogen-bond acceptors (Lipinski definition) is 8. The molecule has 1 aliphatic heterocycles. The molecule has 1 aliphatic rings. The minimum atomic E-state index is 0.668. The van der Waals surface area contributed by atoms with Gasteiger partial charge in [0, 0.05) is 31.4 Å². The molecule has 4 heterocycles. The molecule has 0 unspecified atom stereocenters. The summed E-state index contributed by atoms with van der Waals surface area (Å²) in [5, 5.41) is 3.16.